The van der Waals surface area contributed by atoms with E-state index in [9.17, 15) is 35.7 Å². The van der Waals surface area contributed by atoms with Crippen LogP contribution in [-0.2, 0) is 28.4 Å². The van der Waals surface area contributed by atoms with Gasteiger partial charge >= 0.3 is 0 Å². The van der Waals surface area contributed by atoms with E-state index in [2.05, 4.69) is 0 Å². The summed E-state index contributed by atoms with van der Waals surface area (Å²) in [5.41, 5.74) is 35.6. The molecule has 42 heavy (non-hydrogen) atoms. The predicted octanol–water partition coefficient (Wildman–Crippen LogP) is -8.90. The first-order valence-corrected chi connectivity index (χ1v) is 13.9. The Labute approximate surface area is 241 Å². The molecule has 0 bridgehead atoms. The van der Waals surface area contributed by atoms with E-state index in [1.807, 2.05) is 0 Å². The van der Waals surface area contributed by atoms with Gasteiger partial charge in [-0.1, -0.05) is 0 Å². The van der Waals surface area contributed by atoms with Gasteiger partial charge in [0.25, 0.3) is 0 Å². The molecule has 0 aromatic rings. The number of aliphatic hydroxyl groups excluding tert-OH is 7. The van der Waals surface area contributed by atoms with Crippen molar-refractivity contribution in [1.29, 1.82) is 0 Å². The van der Waals surface area contributed by atoms with Crippen molar-refractivity contribution in [2.75, 3.05) is 19.7 Å². The minimum Gasteiger partial charge on any atom is -0.394 e. The zero-order valence-electron chi connectivity index (χ0n) is 22.8. The van der Waals surface area contributed by atoms with Gasteiger partial charge in [0.2, 0.25) is 0 Å². The quantitative estimate of drug-likeness (QED) is 0.115. The topological polar surface area (TPSA) is 353 Å². The molecular formula is C23H46N6O13. The predicted molar refractivity (Wildman–Crippen MR) is 138 cm³/mol. The molecule has 0 radical (unpaired) electrons. The first kappa shape index (κ1) is 34.1. The molecule has 3 aliphatic heterocycles. The molecule has 1 aliphatic carbocycles. The third kappa shape index (κ3) is 6.60. The van der Waals surface area contributed by atoms with Gasteiger partial charge in [-0.25, -0.2) is 0 Å². The SMILES string of the molecule is NC[C@@H]1O[C@H](O[C@H]2[C@@H](O)[C@H](O[C@@H]3[C@@H](O)[C@H](N)C[C@H](N)[C@H]3O[C@@H]3O[C@H](CN)[C@@H](O)[C@H](O)[C@H]3N)O[C@@H]2CO)[C@H](N)[C@@H](O)[C@@H]1O. The maximum Gasteiger partial charge on any atom is 0.187 e. The van der Waals surface area contributed by atoms with Crippen molar-refractivity contribution in [2.24, 2.45) is 34.4 Å². The van der Waals surface area contributed by atoms with E-state index in [0.29, 0.717) is 0 Å². The molecule has 0 aromatic heterocycles. The molecule has 3 saturated heterocycles. The highest BCUT2D eigenvalue weighted by Gasteiger charge is 2.54. The number of rotatable bonds is 9. The van der Waals surface area contributed by atoms with Gasteiger partial charge in [0.05, 0.1) is 24.8 Å². The second-order valence-corrected chi connectivity index (χ2v) is 11.2. The minimum atomic E-state index is -1.60. The molecular weight excluding hydrogens is 568 g/mol. The molecule has 4 rings (SSSR count). The van der Waals surface area contributed by atoms with Crippen LogP contribution in [0.1, 0.15) is 6.42 Å². The van der Waals surface area contributed by atoms with Gasteiger partial charge in [-0.3, -0.25) is 0 Å². The van der Waals surface area contributed by atoms with E-state index >= 15 is 0 Å². The minimum absolute atomic E-state index is 0.0889. The Balaban J connectivity index is 1.50. The van der Waals surface area contributed by atoms with Crippen molar-refractivity contribution < 1.29 is 64.2 Å². The second-order valence-electron chi connectivity index (χ2n) is 11.2. The molecule has 19 nitrogen and oxygen atoms in total. The molecule has 0 unspecified atom stereocenters. The highest BCUT2D eigenvalue weighted by molar-refractivity contribution is 5.02. The van der Waals surface area contributed by atoms with E-state index in [-0.39, 0.29) is 19.5 Å². The largest absolute Gasteiger partial charge is 0.394 e. The standard InChI is InChI=1S/C23H46N6O13/c24-2-7-13(32)15(34)10(28)21(37-7)40-18-6(27)1-5(26)12(31)20(18)42-23-17(36)19(9(4-30)39-23)41-22-11(29)16(35)14(33)8(3-25)38-22/h5-23,30-36H,1-4,24-29H2/t5-,6+,7-,8+,9-,10-,11-,12+,13-,14-,15-,16-,17-,18-,19-,20-,21+,22-,23+/m1/s1. The molecule has 4 fully saturated rings. The summed E-state index contributed by atoms with van der Waals surface area (Å²) >= 11 is 0. The van der Waals surface area contributed by atoms with Crippen molar-refractivity contribution in [2.45, 2.75) is 123 Å². The van der Waals surface area contributed by atoms with Gasteiger partial charge in [-0.2, -0.15) is 0 Å². The van der Waals surface area contributed by atoms with Gasteiger partial charge < -0.3 is 98.6 Å². The molecule has 246 valence electrons. The summed E-state index contributed by atoms with van der Waals surface area (Å²) < 4.78 is 34.6. The summed E-state index contributed by atoms with van der Waals surface area (Å²) in [5.74, 6) is 0. The maximum absolute atomic E-state index is 11.1. The van der Waals surface area contributed by atoms with E-state index in [4.69, 9.17) is 62.8 Å². The van der Waals surface area contributed by atoms with E-state index < -0.39 is 123 Å². The van der Waals surface area contributed by atoms with Crippen LogP contribution in [0, 0.1) is 0 Å². The van der Waals surface area contributed by atoms with Crippen LogP contribution in [0.25, 0.3) is 0 Å². The van der Waals surface area contributed by atoms with E-state index in [0.717, 1.165) is 0 Å². The lowest BCUT2D eigenvalue weighted by molar-refractivity contribution is -0.306. The summed E-state index contributed by atoms with van der Waals surface area (Å²) in [6.45, 7) is -0.967. The van der Waals surface area contributed by atoms with Crippen LogP contribution in [0.4, 0.5) is 0 Å². The van der Waals surface area contributed by atoms with Gasteiger partial charge in [-0.15, -0.1) is 0 Å². The highest BCUT2D eigenvalue weighted by atomic mass is 16.8. The third-order valence-corrected chi connectivity index (χ3v) is 8.37. The van der Waals surface area contributed by atoms with Crippen molar-refractivity contribution in [1.82, 2.24) is 0 Å². The fourth-order valence-electron chi connectivity index (χ4n) is 5.74. The van der Waals surface area contributed by atoms with Gasteiger partial charge in [-0.05, 0) is 6.42 Å². The van der Waals surface area contributed by atoms with Gasteiger partial charge in [0.1, 0.15) is 67.1 Å². The Hall–Kier alpha value is -0.760. The van der Waals surface area contributed by atoms with Crippen LogP contribution >= 0.6 is 0 Å². The fourth-order valence-corrected chi connectivity index (χ4v) is 5.74. The Morgan fingerprint density at radius 3 is 1.45 bits per heavy atom. The molecule has 19 N–H and O–H groups in total. The summed E-state index contributed by atoms with van der Waals surface area (Å²) in [5, 5.41) is 73.0. The number of hydrogen-bond acceptors (Lipinski definition) is 19. The molecule has 3 heterocycles. The highest BCUT2D eigenvalue weighted by Crippen LogP contribution is 2.34. The Bertz CT molecular complexity index is 868. The molecule has 19 atom stereocenters. The lowest BCUT2D eigenvalue weighted by atomic mass is 9.84. The first-order chi connectivity index (χ1) is 19.8. The van der Waals surface area contributed by atoms with Crippen molar-refractivity contribution in [3.05, 3.63) is 0 Å². The molecule has 0 amide bonds. The normalized spacial score (nSPS) is 53.8. The Morgan fingerprint density at radius 2 is 0.976 bits per heavy atom. The molecule has 4 aliphatic rings. The third-order valence-electron chi connectivity index (χ3n) is 8.37. The summed E-state index contributed by atoms with van der Waals surface area (Å²) in [6, 6.07) is -4.18. The van der Waals surface area contributed by atoms with Crippen LogP contribution in [0.2, 0.25) is 0 Å². The van der Waals surface area contributed by atoms with Crippen LogP contribution in [0.3, 0.4) is 0 Å². The van der Waals surface area contributed by atoms with Crippen LogP contribution < -0.4 is 34.4 Å². The lowest BCUT2D eigenvalue weighted by Crippen LogP contribution is -2.68. The maximum atomic E-state index is 11.1. The summed E-state index contributed by atoms with van der Waals surface area (Å²) in [7, 11) is 0. The van der Waals surface area contributed by atoms with Crippen molar-refractivity contribution in [3.63, 3.8) is 0 Å². The summed E-state index contributed by atoms with van der Waals surface area (Å²) in [6.07, 6.45) is -19.8. The summed E-state index contributed by atoms with van der Waals surface area (Å²) in [4.78, 5) is 0. The van der Waals surface area contributed by atoms with E-state index in [1.165, 1.54) is 0 Å². The van der Waals surface area contributed by atoms with Crippen LogP contribution in [0.15, 0.2) is 0 Å². The average Bonchev–Trinajstić information content (AvgIpc) is 3.27. The van der Waals surface area contributed by atoms with Crippen molar-refractivity contribution in [3.8, 4) is 0 Å². The second kappa shape index (κ2) is 14.1. The monoisotopic (exact) mass is 614 g/mol. The van der Waals surface area contributed by atoms with Gasteiger partial charge in [0, 0.05) is 25.2 Å². The number of hydrogen-bond donors (Lipinski definition) is 13. The lowest BCUT2D eigenvalue weighted by Gasteiger charge is -2.47. The zero-order valence-corrected chi connectivity index (χ0v) is 22.8. The molecule has 0 spiro atoms. The van der Waals surface area contributed by atoms with Crippen molar-refractivity contribution >= 4 is 0 Å². The molecule has 19 heteroatoms. The van der Waals surface area contributed by atoms with E-state index in [1.54, 1.807) is 0 Å². The Morgan fingerprint density at radius 1 is 0.524 bits per heavy atom. The fraction of sp³-hybridized carbons (Fsp3) is 1.00. The van der Waals surface area contributed by atoms with Gasteiger partial charge in [0.15, 0.2) is 18.9 Å². The van der Waals surface area contributed by atoms with Crippen LogP contribution in [-0.4, -0.2) is 172 Å². The zero-order chi connectivity index (χ0) is 31.0. The van der Waals surface area contributed by atoms with Crippen LogP contribution in [0.5, 0.6) is 0 Å². The first-order valence-electron chi connectivity index (χ1n) is 13.9. The molecule has 0 aromatic carbocycles. The number of aliphatic hydroxyl groups is 7. The smallest absolute Gasteiger partial charge is 0.187 e. The Kier molecular flexibility index (Phi) is 11.5. The molecule has 1 saturated carbocycles. The number of nitrogens with two attached hydrogens (primary N) is 6. The average molecular weight is 615 g/mol. The number of ether oxygens (including phenoxy) is 6.